The van der Waals surface area contributed by atoms with Gasteiger partial charge < -0.3 is 10.1 Å². The number of carbonyl (C=O) groups is 3. The van der Waals surface area contributed by atoms with Gasteiger partial charge in [0.15, 0.2) is 12.4 Å². The maximum absolute atomic E-state index is 12.2. The second kappa shape index (κ2) is 9.28. The van der Waals surface area contributed by atoms with Crippen molar-refractivity contribution in [1.29, 1.82) is 0 Å². The van der Waals surface area contributed by atoms with Crippen molar-refractivity contribution < 1.29 is 19.1 Å². The third-order valence-corrected chi connectivity index (χ3v) is 4.18. The minimum Gasteiger partial charge on any atom is -0.454 e. The van der Waals surface area contributed by atoms with E-state index in [1.54, 1.807) is 32.0 Å². The predicted molar refractivity (Wildman–Crippen MR) is 102 cm³/mol. The van der Waals surface area contributed by atoms with Crippen LogP contribution in [0.3, 0.4) is 0 Å². The van der Waals surface area contributed by atoms with E-state index in [1.807, 2.05) is 12.1 Å². The lowest BCUT2D eigenvalue weighted by molar-refractivity contribution is -0.118. The Bertz CT molecular complexity index is 840. The number of carbonyl (C=O) groups excluding carboxylic acids is 3. The van der Waals surface area contributed by atoms with Gasteiger partial charge in [0, 0.05) is 24.7 Å². The molecule has 0 fully saturated rings. The maximum atomic E-state index is 12.2. The Kier molecular flexibility index (Phi) is 7.07. The average molecular weight is 389 g/mol. The summed E-state index contributed by atoms with van der Waals surface area (Å²) >= 11 is 6.02. The summed E-state index contributed by atoms with van der Waals surface area (Å²) in [6.45, 7) is 5.12. The van der Waals surface area contributed by atoms with Crippen molar-refractivity contribution in [1.82, 2.24) is 10.3 Å². The summed E-state index contributed by atoms with van der Waals surface area (Å²) in [6.07, 6.45) is 0.668. The number of rotatable bonds is 7. The van der Waals surface area contributed by atoms with Gasteiger partial charge in [0.2, 0.25) is 5.91 Å². The first kappa shape index (κ1) is 20.6. The van der Waals surface area contributed by atoms with Gasteiger partial charge in [0.25, 0.3) is 0 Å². The highest BCUT2D eigenvalue weighted by atomic mass is 35.5. The van der Waals surface area contributed by atoms with Crippen LogP contribution in [-0.4, -0.2) is 35.8 Å². The van der Waals surface area contributed by atoms with Crippen LogP contribution in [0.2, 0.25) is 5.15 Å². The van der Waals surface area contributed by atoms with E-state index in [0.717, 1.165) is 5.56 Å². The van der Waals surface area contributed by atoms with Crippen LogP contribution in [0.25, 0.3) is 0 Å². The SMILES string of the molecule is CC(=O)NCCc1ccc(C(=O)COC(=O)c2c(C)cc(C)nc2Cl)cc1. The van der Waals surface area contributed by atoms with Crippen molar-refractivity contribution in [3.63, 3.8) is 0 Å². The lowest BCUT2D eigenvalue weighted by Gasteiger charge is -2.09. The Morgan fingerprint density at radius 3 is 2.41 bits per heavy atom. The number of nitrogens with one attached hydrogen (secondary N) is 1. The van der Waals surface area contributed by atoms with Crippen LogP contribution in [0, 0.1) is 13.8 Å². The molecule has 1 aromatic carbocycles. The van der Waals surface area contributed by atoms with Gasteiger partial charge in [0.05, 0.1) is 5.56 Å². The molecule has 0 saturated heterocycles. The maximum Gasteiger partial charge on any atom is 0.342 e. The molecule has 6 nitrogen and oxygen atoms in total. The van der Waals surface area contributed by atoms with Crippen LogP contribution in [0.5, 0.6) is 0 Å². The Morgan fingerprint density at radius 2 is 1.81 bits per heavy atom. The summed E-state index contributed by atoms with van der Waals surface area (Å²) < 4.78 is 5.11. The van der Waals surface area contributed by atoms with E-state index in [4.69, 9.17) is 16.3 Å². The highest BCUT2D eigenvalue weighted by molar-refractivity contribution is 6.32. The first-order valence-corrected chi connectivity index (χ1v) is 8.83. The van der Waals surface area contributed by atoms with Gasteiger partial charge >= 0.3 is 5.97 Å². The molecule has 0 aliphatic heterocycles. The molecule has 0 aliphatic rings. The molecule has 7 heteroatoms. The highest BCUT2D eigenvalue weighted by Crippen LogP contribution is 2.20. The van der Waals surface area contributed by atoms with Crippen molar-refractivity contribution in [3.05, 3.63) is 63.4 Å². The summed E-state index contributed by atoms with van der Waals surface area (Å²) in [5.74, 6) is -1.07. The number of nitrogens with zero attached hydrogens (tertiary/aromatic N) is 1. The van der Waals surface area contributed by atoms with Crippen LogP contribution in [0.1, 0.15) is 44.5 Å². The van der Waals surface area contributed by atoms with Gasteiger partial charge in [-0.25, -0.2) is 9.78 Å². The van der Waals surface area contributed by atoms with Gasteiger partial charge in [-0.3, -0.25) is 9.59 Å². The third kappa shape index (κ3) is 5.89. The molecule has 27 heavy (non-hydrogen) atoms. The van der Waals surface area contributed by atoms with Gasteiger partial charge in [-0.05, 0) is 37.5 Å². The number of amides is 1. The zero-order valence-electron chi connectivity index (χ0n) is 15.5. The summed E-state index contributed by atoms with van der Waals surface area (Å²) in [6, 6.07) is 8.68. The topological polar surface area (TPSA) is 85.4 Å². The molecule has 0 aliphatic carbocycles. The number of aromatic nitrogens is 1. The molecule has 1 aromatic heterocycles. The van der Waals surface area contributed by atoms with Crippen LogP contribution in [0.15, 0.2) is 30.3 Å². The van der Waals surface area contributed by atoms with Crippen molar-refractivity contribution >= 4 is 29.3 Å². The van der Waals surface area contributed by atoms with E-state index in [1.165, 1.54) is 6.92 Å². The number of Topliss-reactive ketones (excluding diaryl/α,β-unsaturated/α-hetero) is 1. The van der Waals surface area contributed by atoms with Gasteiger partial charge in [-0.2, -0.15) is 0 Å². The van der Waals surface area contributed by atoms with Gasteiger partial charge in [-0.1, -0.05) is 35.9 Å². The highest BCUT2D eigenvalue weighted by Gasteiger charge is 2.18. The second-order valence-corrected chi connectivity index (χ2v) is 6.53. The minimum absolute atomic E-state index is 0.0634. The molecule has 2 rings (SSSR count). The number of aryl methyl sites for hydroxylation is 2. The quantitative estimate of drug-likeness (QED) is 0.447. The number of ketones is 1. The number of ether oxygens (including phenoxy) is 1. The van der Waals surface area contributed by atoms with Gasteiger partial charge in [-0.15, -0.1) is 0 Å². The second-order valence-electron chi connectivity index (χ2n) is 6.18. The Morgan fingerprint density at radius 1 is 1.15 bits per heavy atom. The normalized spacial score (nSPS) is 10.4. The molecule has 2 aromatic rings. The molecule has 142 valence electrons. The number of hydrogen-bond donors (Lipinski definition) is 1. The molecule has 1 N–H and O–H groups in total. The smallest absolute Gasteiger partial charge is 0.342 e. The molecule has 0 radical (unpaired) electrons. The molecule has 0 saturated carbocycles. The van der Waals surface area contributed by atoms with Crippen molar-refractivity contribution in [3.8, 4) is 0 Å². The average Bonchev–Trinajstić information content (AvgIpc) is 2.59. The molecule has 0 bridgehead atoms. The van der Waals surface area contributed by atoms with Crippen LogP contribution in [0.4, 0.5) is 0 Å². The molecule has 0 spiro atoms. The lowest BCUT2D eigenvalue weighted by atomic mass is 10.1. The standard InChI is InChI=1S/C20H21ClN2O4/c1-12-10-13(2)23-19(21)18(12)20(26)27-11-17(25)16-6-4-15(5-7-16)8-9-22-14(3)24/h4-7,10H,8-9,11H2,1-3H3,(H,22,24). The molecule has 1 amide bonds. The number of benzene rings is 1. The summed E-state index contributed by atoms with van der Waals surface area (Å²) in [7, 11) is 0. The summed E-state index contributed by atoms with van der Waals surface area (Å²) in [5.41, 5.74) is 2.95. The molecular weight excluding hydrogens is 368 g/mol. The first-order valence-electron chi connectivity index (χ1n) is 8.45. The third-order valence-electron chi connectivity index (χ3n) is 3.90. The molecule has 0 atom stereocenters. The Balaban J connectivity index is 1.94. The fraction of sp³-hybridized carbons (Fsp3) is 0.300. The summed E-state index contributed by atoms with van der Waals surface area (Å²) in [4.78, 5) is 39.4. The number of hydrogen-bond acceptors (Lipinski definition) is 5. The fourth-order valence-electron chi connectivity index (χ4n) is 2.56. The fourth-order valence-corrected chi connectivity index (χ4v) is 2.92. The Labute approximate surface area is 162 Å². The van der Waals surface area contributed by atoms with Crippen LogP contribution in [-0.2, 0) is 16.0 Å². The van der Waals surface area contributed by atoms with E-state index in [-0.39, 0.29) is 29.0 Å². The minimum atomic E-state index is -0.676. The van der Waals surface area contributed by atoms with Gasteiger partial charge in [0.1, 0.15) is 5.15 Å². The largest absolute Gasteiger partial charge is 0.454 e. The molecule has 1 heterocycles. The van der Waals surface area contributed by atoms with E-state index >= 15 is 0 Å². The molecular formula is C20H21ClN2O4. The first-order chi connectivity index (χ1) is 12.8. The predicted octanol–water partition coefficient (Wildman–Crippen LogP) is 3.07. The number of halogens is 1. The number of esters is 1. The van der Waals surface area contributed by atoms with Crippen LogP contribution >= 0.6 is 11.6 Å². The van der Waals surface area contributed by atoms with E-state index in [9.17, 15) is 14.4 Å². The Hall–Kier alpha value is -2.73. The van der Waals surface area contributed by atoms with Crippen molar-refractivity contribution in [2.75, 3.05) is 13.2 Å². The zero-order valence-corrected chi connectivity index (χ0v) is 16.2. The summed E-state index contributed by atoms with van der Waals surface area (Å²) in [5, 5.41) is 2.78. The van der Waals surface area contributed by atoms with E-state index in [0.29, 0.717) is 29.8 Å². The van der Waals surface area contributed by atoms with Crippen molar-refractivity contribution in [2.24, 2.45) is 0 Å². The zero-order chi connectivity index (χ0) is 20.0. The van der Waals surface area contributed by atoms with Crippen molar-refractivity contribution in [2.45, 2.75) is 27.2 Å². The van der Waals surface area contributed by atoms with Crippen LogP contribution < -0.4 is 5.32 Å². The lowest BCUT2D eigenvalue weighted by Crippen LogP contribution is -2.22. The monoisotopic (exact) mass is 388 g/mol. The van der Waals surface area contributed by atoms with E-state index < -0.39 is 5.97 Å². The van der Waals surface area contributed by atoms with E-state index in [2.05, 4.69) is 10.3 Å². The number of pyridine rings is 1. The molecule has 0 unspecified atom stereocenters.